The number of aryl methyl sites for hydroxylation is 1. The maximum absolute atomic E-state index is 11.6. The van der Waals surface area contributed by atoms with Crippen molar-refractivity contribution in [2.45, 2.75) is 40.7 Å². The van der Waals surface area contributed by atoms with E-state index in [1.165, 1.54) is 11.5 Å². The normalized spacial score (nSPS) is 12.8. The smallest absolute Gasteiger partial charge is 0.164 e. The van der Waals surface area contributed by atoms with Gasteiger partial charge in [-0.05, 0) is 38.2 Å². The second-order valence-electron chi connectivity index (χ2n) is 4.68. The standard InChI is InChI=1S/C13H22N2O2S/c1-6-17-7-11(8(2)3)14-13-12(10(5)16)9(4)15-18-13/h8,11,14H,6-7H2,1-5H3. The summed E-state index contributed by atoms with van der Waals surface area (Å²) in [5.74, 6) is 0.487. The van der Waals surface area contributed by atoms with Crippen LogP contribution in [-0.2, 0) is 4.74 Å². The number of carbonyl (C=O) groups excluding carboxylic acids is 1. The van der Waals surface area contributed by atoms with E-state index in [0.717, 1.165) is 10.7 Å². The van der Waals surface area contributed by atoms with Gasteiger partial charge >= 0.3 is 0 Å². The fraction of sp³-hybridized carbons (Fsp3) is 0.692. The molecule has 0 aliphatic rings. The summed E-state index contributed by atoms with van der Waals surface area (Å²) in [6.45, 7) is 11.0. The zero-order valence-corrected chi connectivity index (χ0v) is 12.6. The summed E-state index contributed by atoms with van der Waals surface area (Å²) < 4.78 is 9.72. The number of nitrogens with one attached hydrogen (secondary N) is 1. The van der Waals surface area contributed by atoms with Crippen molar-refractivity contribution in [3.8, 4) is 0 Å². The van der Waals surface area contributed by atoms with Gasteiger partial charge in [0.2, 0.25) is 0 Å². The highest BCUT2D eigenvalue weighted by molar-refractivity contribution is 7.10. The third-order valence-electron chi connectivity index (χ3n) is 2.84. The first kappa shape index (κ1) is 15.1. The van der Waals surface area contributed by atoms with Gasteiger partial charge < -0.3 is 10.1 Å². The fourth-order valence-electron chi connectivity index (χ4n) is 1.70. The lowest BCUT2D eigenvalue weighted by molar-refractivity contribution is 0.101. The zero-order chi connectivity index (χ0) is 13.7. The first-order valence-corrected chi connectivity index (χ1v) is 7.06. The van der Waals surface area contributed by atoms with Crippen molar-refractivity contribution in [3.05, 3.63) is 11.3 Å². The number of hydrogen-bond acceptors (Lipinski definition) is 5. The molecule has 0 bridgehead atoms. The molecule has 1 aromatic rings. The van der Waals surface area contributed by atoms with Gasteiger partial charge in [-0.2, -0.15) is 4.37 Å². The van der Waals surface area contributed by atoms with Crippen molar-refractivity contribution in [2.75, 3.05) is 18.5 Å². The third kappa shape index (κ3) is 3.78. The topological polar surface area (TPSA) is 51.2 Å². The molecule has 0 saturated heterocycles. The minimum Gasteiger partial charge on any atom is -0.380 e. The summed E-state index contributed by atoms with van der Waals surface area (Å²) in [7, 11) is 0. The summed E-state index contributed by atoms with van der Waals surface area (Å²) in [4.78, 5) is 11.6. The highest BCUT2D eigenvalue weighted by atomic mass is 32.1. The SMILES string of the molecule is CCOCC(Nc1snc(C)c1C(C)=O)C(C)C. The molecule has 0 aliphatic carbocycles. The molecule has 1 unspecified atom stereocenters. The molecule has 0 aromatic carbocycles. The fourth-order valence-corrected chi connectivity index (χ4v) is 2.60. The summed E-state index contributed by atoms with van der Waals surface area (Å²) in [5.41, 5.74) is 1.51. The monoisotopic (exact) mass is 270 g/mol. The van der Waals surface area contributed by atoms with Crippen molar-refractivity contribution in [2.24, 2.45) is 5.92 Å². The van der Waals surface area contributed by atoms with Crippen molar-refractivity contribution >= 4 is 22.3 Å². The lowest BCUT2D eigenvalue weighted by Crippen LogP contribution is -2.31. The molecule has 1 atom stereocenters. The van der Waals surface area contributed by atoms with E-state index in [0.29, 0.717) is 24.7 Å². The molecule has 102 valence electrons. The van der Waals surface area contributed by atoms with Gasteiger partial charge in [0.1, 0.15) is 5.00 Å². The highest BCUT2D eigenvalue weighted by Crippen LogP contribution is 2.26. The van der Waals surface area contributed by atoms with Crippen molar-refractivity contribution in [1.29, 1.82) is 0 Å². The summed E-state index contributed by atoms with van der Waals surface area (Å²) in [6.07, 6.45) is 0. The minimum absolute atomic E-state index is 0.0580. The van der Waals surface area contributed by atoms with E-state index in [4.69, 9.17) is 4.74 Å². The molecule has 4 nitrogen and oxygen atoms in total. The number of anilines is 1. The van der Waals surface area contributed by atoms with Crippen LogP contribution in [0.25, 0.3) is 0 Å². The van der Waals surface area contributed by atoms with Gasteiger partial charge in [0.15, 0.2) is 5.78 Å². The Morgan fingerprint density at radius 2 is 2.17 bits per heavy atom. The van der Waals surface area contributed by atoms with E-state index in [9.17, 15) is 4.79 Å². The average Bonchev–Trinajstić information content (AvgIpc) is 2.65. The van der Waals surface area contributed by atoms with E-state index < -0.39 is 0 Å². The lowest BCUT2D eigenvalue weighted by atomic mass is 10.0. The highest BCUT2D eigenvalue weighted by Gasteiger charge is 2.20. The molecule has 0 spiro atoms. The Morgan fingerprint density at radius 1 is 1.50 bits per heavy atom. The van der Waals surface area contributed by atoms with Gasteiger partial charge in [-0.1, -0.05) is 13.8 Å². The molecule has 5 heteroatoms. The first-order valence-electron chi connectivity index (χ1n) is 6.28. The summed E-state index contributed by atoms with van der Waals surface area (Å²) in [5, 5.41) is 4.25. The maximum atomic E-state index is 11.6. The van der Waals surface area contributed by atoms with Crippen LogP contribution in [0.4, 0.5) is 5.00 Å². The molecule has 1 rings (SSSR count). The molecule has 0 radical (unpaired) electrons. The Labute approximate surface area is 113 Å². The number of aromatic nitrogens is 1. The van der Waals surface area contributed by atoms with Crippen LogP contribution in [0.2, 0.25) is 0 Å². The Morgan fingerprint density at radius 3 is 2.67 bits per heavy atom. The average molecular weight is 270 g/mol. The zero-order valence-electron chi connectivity index (χ0n) is 11.7. The van der Waals surface area contributed by atoms with Crippen LogP contribution in [0.3, 0.4) is 0 Å². The Kier molecular flexibility index (Phi) is 5.75. The van der Waals surface area contributed by atoms with E-state index in [-0.39, 0.29) is 11.8 Å². The number of hydrogen-bond donors (Lipinski definition) is 1. The van der Waals surface area contributed by atoms with Crippen molar-refractivity contribution < 1.29 is 9.53 Å². The molecular formula is C13H22N2O2S. The Bertz CT molecular complexity index is 402. The number of ether oxygens (including phenoxy) is 1. The number of Topliss-reactive ketones (excluding diaryl/α,β-unsaturated/α-hetero) is 1. The van der Waals surface area contributed by atoms with Crippen molar-refractivity contribution in [1.82, 2.24) is 4.37 Å². The van der Waals surface area contributed by atoms with E-state index in [2.05, 4.69) is 23.5 Å². The molecule has 18 heavy (non-hydrogen) atoms. The Hall–Kier alpha value is -0.940. The number of carbonyl (C=O) groups is 1. The molecule has 1 heterocycles. The Balaban J connectivity index is 2.83. The lowest BCUT2D eigenvalue weighted by Gasteiger charge is -2.22. The first-order chi connectivity index (χ1) is 8.47. The maximum Gasteiger partial charge on any atom is 0.164 e. The van der Waals surface area contributed by atoms with Gasteiger partial charge in [0, 0.05) is 6.61 Å². The van der Waals surface area contributed by atoms with Crippen LogP contribution in [0.15, 0.2) is 0 Å². The van der Waals surface area contributed by atoms with E-state index >= 15 is 0 Å². The third-order valence-corrected chi connectivity index (χ3v) is 3.71. The van der Waals surface area contributed by atoms with Gasteiger partial charge in [-0.15, -0.1) is 0 Å². The van der Waals surface area contributed by atoms with Gasteiger partial charge in [-0.3, -0.25) is 4.79 Å². The molecule has 1 aromatic heterocycles. The summed E-state index contributed by atoms with van der Waals surface area (Å²) in [6, 6.07) is 0.197. The molecular weight excluding hydrogens is 248 g/mol. The number of rotatable bonds is 7. The van der Waals surface area contributed by atoms with Gasteiger partial charge in [-0.25, -0.2) is 0 Å². The minimum atomic E-state index is 0.0580. The van der Waals surface area contributed by atoms with Crippen molar-refractivity contribution in [3.63, 3.8) is 0 Å². The second-order valence-corrected chi connectivity index (χ2v) is 5.46. The molecule has 1 N–H and O–H groups in total. The van der Waals surface area contributed by atoms with Crippen LogP contribution >= 0.6 is 11.5 Å². The summed E-state index contributed by atoms with van der Waals surface area (Å²) >= 11 is 1.35. The largest absolute Gasteiger partial charge is 0.380 e. The molecule has 0 saturated carbocycles. The predicted octanol–water partition coefficient (Wildman–Crippen LogP) is 3.13. The number of nitrogens with zero attached hydrogens (tertiary/aromatic N) is 1. The van der Waals surface area contributed by atoms with Crippen LogP contribution in [-0.4, -0.2) is 29.4 Å². The number of ketones is 1. The van der Waals surface area contributed by atoms with Crippen LogP contribution in [0.5, 0.6) is 0 Å². The van der Waals surface area contributed by atoms with Crippen LogP contribution in [0.1, 0.15) is 43.7 Å². The van der Waals surface area contributed by atoms with Crippen LogP contribution in [0, 0.1) is 12.8 Å². The van der Waals surface area contributed by atoms with Gasteiger partial charge in [0.05, 0.1) is 23.9 Å². The van der Waals surface area contributed by atoms with Gasteiger partial charge in [0.25, 0.3) is 0 Å². The molecule has 0 amide bonds. The van der Waals surface area contributed by atoms with E-state index in [1.54, 1.807) is 6.92 Å². The second kappa shape index (κ2) is 6.85. The van der Waals surface area contributed by atoms with E-state index in [1.807, 2.05) is 13.8 Å². The molecule has 0 fully saturated rings. The molecule has 0 aliphatic heterocycles. The quantitative estimate of drug-likeness (QED) is 0.773. The predicted molar refractivity (Wildman–Crippen MR) is 75.6 cm³/mol. The van der Waals surface area contributed by atoms with Crippen LogP contribution < -0.4 is 5.32 Å².